The number of carbonyl (C=O) groups excluding carboxylic acids is 1. The van der Waals surface area contributed by atoms with Gasteiger partial charge in [-0.1, -0.05) is 33.6 Å². The molecule has 0 aliphatic carbocycles. The molecule has 0 spiro atoms. The van der Waals surface area contributed by atoms with Gasteiger partial charge in [-0.3, -0.25) is 4.79 Å². The van der Waals surface area contributed by atoms with Gasteiger partial charge in [0.2, 0.25) is 0 Å². The minimum absolute atomic E-state index is 0.0676. The first-order chi connectivity index (χ1) is 6.95. The number of rotatable bonds is 4. The molecule has 0 aromatic heterocycles. The van der Waals surface area contributed by atoms with E-state index < -0.39 is 15.6 Å². The summed E-state index contributed by atoms with van der Waals surface area (Å²) in [5, 5.41) is 0.0676. The highest BCUT2D eigenvalue weighted by atomic mass is 79.9. The molecule has 1 aromatic carbocycles. The van der Waals surface area contributed by atoms with Crippen LogP contribution in [0.25, 0.3) is 0 Å². The van der Waals surface area contributed by atoms with Crippen molar-refractivity contribution in [3.8, 4) is 0 Å². The smallest absolute Gasteiger partial charge is 0.185 e. The van der Waals surface area contributed by atoms with E-state index in [1.54, 1.807) is 12.1 Å². The van der Waals surface area contributed by atoms with Crippen molar-refractivity contribution in [2.75, 3.05) is 11.1 Å². The number of Topliss-reactive ketones (excluding diaryl/α,β-unsaturated/α-hetero) is 1. The minimum atomic E-state index is -3.47. The van der Waals surface area contributed by atoms with Crippen LogP contribution in [-0.4, -0.2) is 25.3 Å². The molecule has 0 saturated heterocycles. The molecule has 0 heterocycles. The van der Waals surface area contributed by atoms with Crippen molar-refractivity contribution in [2.24, 2.45) is 0 Å². The molecule has 0 bridgehead atoms. The Morgan fingerprint density at radius 1 is 1.27 bits per heavy atom. The second-order valence-electron chi connectivity index (χ2n) is 3.24. The fraction of sp³-hybridized carbons (Fsp3) is 0.300. The van der Waals surface area contributed by atoms with Crippen LogP contribution < -0.4 is 0 Å². The van der Waals surface area contributed by atoms with Crippen LogP contribution in [0.15, 0.2) is 29.2 Å². The summed E-state index contributed by atoms with van der Waals surface area (Å²) in [6, 6.07) is 6.47. The average molecular weight is 291 g/mol. The van der Waals surface area contributed by atoms with Crippen molar-refractivity contribution in [3.05, 3.63) is 29.8 Å². The van der Waals surface area contributed by atoms with Crippen LogP contribution in [0.5, 0.6) is 0 Å². The Labute approximate surface area is 97.5 Å². The lowest BCUT2D eigenvalue weighted by atomic mass is 10.2. The number of halogens is 1. The Balaban J connectivity index is 2.96. The van der Waals surface area contributed by atoms with E-state index in [4.69, 9.17) is 0 Å². The van der Waals surface area contributed by atoms with Gasteiger partial charge in [0.15, 0.2) is 15.6 Å². The van der Waals surface area contributed by atoms with Gasteiger partial charge in [-0.15, -0.1) is 0 Å². The first-order valence-corrected chi connectivity index (χ1v) is 7.10. The second-order valence-corrected chi connectivity index (χ2v) is 5.79. The molecule has 82 valence electrons. The van der Waals surface area contributed by atoms with Crippen molar-refractivity contribution in [1.82, 2.24) is 0 Å². The Kier molecular flexibility index (Phi) is 4.04. The number of aryl methyl sites for hydroxylation is 1. The van der Waals surface area contributed by atoms with E-state index in [1.165, 1.54) is 12.1 Å². The van der Waals surface area contributed by atoms with Crippen LogP contribution in [0.4, 0.5) is 0 Å². The Bertz CT molecular complexity index is 448. The lowest BCUT2D eigenvalue weighted by Crippen LogP contribution is -2.16. The molecule has 0 saturated carbocycles. The van der Waals surface area contributed by atoms with Crippen molar-refractivity contribution in [1.29, 1.82) is 0 Å². The zero-order valence-electron chi connectivity index (χ0n) is 8.23. The summed E-state index contributed by atoms with van der Waals surface area (Å²) in [5.74, 6) is -0.781. The summed E-state index contributed by atoms with van der Waals surface area (Å²) >= 11 is 2.94. The maximum Gasteiger partial charge on any atom is 0.185 e. The molecule has 0 N–H and O–H groups in total. The van der Waals surface area contributed by atoms with Crippen LogP contribution in [-0.2, 0) is 14.6 Å². The molecule has 0 amide bonds. The summed E-state index contributed by atoms with van der Waals surface area (Å²) < 4.78 is 23.3. The van der Waals surface area contributed by atoms with Gasteiger partial charge in [-0.2, -0.15) is 0 Å². The largest absolute Gasteiger partial charge is 0.298 e. The predicted octanol–water partition coefficient (Wildman–Crippen LogP) is 1.73. The molecule has 1 rings (SSSR count). The molecule has 0 fully saturated rings. The highest BCUT2D eigenvalue weighted by Crippen LogP contribution is 2.12. The number of hydrogen-bond donors (Lipinski definition) is 0. The van der Waals surface area contributed by atoms with Gasteiger partial charge in [0.1, 0.15) is 5.75 Å². The van der Waals surface area contributed by atoms with Crippen LogP contribution in [0, 0.1) is 6.92 Å². The van der Waals surface area contributed by atoms with Crippen molar-refractivity contribution < 1.29 is 13.2 Å². The van der Waals surface area contributed by atoms with Crippen molar-refractivity contribution in [3.63, 3.8) is 0 Å². The van der Waals surface area contributed by atoms with E-state index in [-0.39, 0.29) is 16.0 Å². The Hall–Kier alpha value is -0.680. The number of hydrogen-bond acceptors (Lipinski definition) is 3. The van der Waals surface area contributed by atoms with Crippen LogP contribution >= 0.6 is 15.9 Å². The van der Waals surface area contributed by atoms with E-state index in [2.05, 4.69) is 15.9 Å². The Morgan fingerprint density at radius 2 is 1.80 bits per heavy atom. The number of sulfone groups is 1. The quantitative estimate of drug-likeness (QED) is 0.794. The standard InChI is InChI=1S/C10H11BrO3S/c1-8-2-4-10(5-3-8)15(13,14)7-9(12)6-11/h2-5H,6-7H2,1H3. The molecule has 0 atom stereocenters. The van der Waals surface area contributed by atoms with Gasteiger partial charge in [0.25, 0.3) is 0 Å². The fourth-order valence-corrected chi connectivity index (χ4v) is 2.78. The average Bonchev–Trinajstić information content (AvgIpc) is 2.17. The van der Waals surface area contributed by atoms with E-state index in [0.29, 0.717) is 0 Å². The number of ketones is 1. The molecule has 3 nitrogen and oxygen atoms in total. The molecule has 0 radical (unpaired) electrons. The molecule has 0 aliphatic rings. The van der Waals surface area contributed by atoms with Crippen LogP contribution in [0.3, 0.4) is 0 Å². The lowest BCUT2D eigenvalue weighted by Gasteiger charge is -2.02. The summed E-state index contributed by atoms with van der Waals surface area (Å²) in [4.78, 5) is 11.2. The zero-order valence-corrected chi connectivity index (χ0v) is 10.6. The number of carbonyl (C=O) groups is 1. The third-order valence-electron chi connectivity index (χ3n) is 1.88. The van der Waals surface area contributed by atoms with E-state index in [1.807, 2.05) is 6.92 Å². The minimum Gasteiger partial charge on any atom is -0.298 e. The third-order valence-corrected chi connectivity index (χ3v) is 4.20. The fourth-order valence-electron chi connectivity index (χ4n) is 1.08. The molecule has 0 unspecified atom stereocenters. The van der Waals surface area contributed by atoms with Crippen molar-refractivity contribution >= 4 is 31.6 Å². The highest BCUT2D eigenvalue weighted by molar-refractivity contribution is 9.09. The summed E-state index contributed by atoms with van der Waals surface area (Å²) in [5.41, 5.74) is 0.987. The van der Waals surface area contributed by atoms with Gasteiger partial charge < -0.3 is 0 Å². The number of benzene rings is 1. The van der Waals surface area contributed by atoms with E-state index in [0.717, 1.165) is 5.56 Å². The summed E-state index contributed by atoms with van der Waals surface area (Å²) in [6.45, 7) is 1.88. The lowest BCUT2D eigenvalue weighted by molar-refractivity contribution is -0.114. The SMILES string of the molecule is Cc1ccc(S(=O)(=O)CC(=O)CBr)cc1. The van der Waals surface area contributed by atoms with Crippen molar-refractivity contribution in [2.45, 2.75) is 11.8 Å². The third kappa shape index (κ3) is 3.43. The monoisotopic (exact) mass is 290 g/mol. The summed E-state index contributed by atoms with van der Waals surface area (Å²) in [7, 11) is -3.47. The zero-order chi connectivity index (χ0) is 11.5. The van der Waals surface area contributed by atoms with Gasteiger partial charge in [0, 0.05) is 0 Å². The van der Waals surface area contributed by atoms with E-state index in [9.17, 15) is 13.2 Å². The molecule has 1 aromatic rings. The molecular weight excluding hydrogens is 280 g/mol. The van der Waals surface area contributed by atoms with Gasteiger partial charge in [-0.05, 0) is 19.1 Å². The second kappa shape index (κ2) is 4.90. The summed E-state index contributed by atoms with van der Waals surface area (Å²) in [6.07, 6.45) is 0. The highest BCUT2D eigenvalue weighted by Gasteiger charge is 2.17. The predicted molar refractivity (Wildman–Crippen MR) is 62.0 cm³/mol. The van der Waals surface area contributed by atoms with Gasteiger partial charge >= 0.3 is 0 Å². The van der Waals surface area contributed by atoms with E-state index >= 15 is 0 Å². The number of alkyl halides is 1. The van der Waals surface area contributed by atoms with Crippen LogP contribution in [0.2, 0.25) is 0 Å². The van der Waals surface area contributed by atoms with Gasteiger partial charge in [-0.25, -0.2) is 8.42 Å². The first-order valence-electron chi connectivity index (χ1n) is 4.33. The Morgan fingerprint density at radius 3 is 2.27 bits per heavy atom. The topological polar surface area (TPSA) is 51.2 Å². The normalized spacial score (nSPS) is 11.3. The maximum absolute atomic E-state index is 11.7. The first kappa shape index (κ1) is 12.4. The molecule has 0 aliphatic heterocycles. The van der Waals surface area contributed by atoms with Gasteiger partial charge in [0.05, 0.1) is 10.2 Å². The maximum atomic E-state index is 11.7. The molecule has 5 heteroatoms. The van der Waals surface area contributed by atoms with Crippen LogP contribution in [0.1, 0.15) is 5.56 Å². The molecular formula is C10H11BrO3S. The molecule has 15 heavy (non-hydrogen) atoms.